The van der Waals surface area contributed by atoms with Crippen LogP contribution in [0.25, 0.3) is 0 Å². The molecular weight excluding hydrogens is 388 g/mol. The monoisotopic (exact) mass is 412 g/mol. The zero-order valence-electron chi connectivity index (χ0n) is 16.3. The molecule has 1 N–H and O–H groups in total. The topological polar surface area (TPSA) is 59.8 Å². The number of benzene rings is 2. The molecule has 3 aromatic rings. The van der Waals surface area contributed by atoms with Crippen LogP contribution in [0, 0.1) is 13.8 Å². The van der Waals surface area contributed by atoms with Crippen LogP contribution < -0.4 is 5.32 Å². The molecule has 0 fully saturated rings. The van der Waals surface area contributed by atoms with Gasteiger partial charge in [-0.3, -0.25) is 4.79 Å². The molecule has 0 aliphatic carbocycles. The smallest absolute Gasteiger partial charge is 0.234 e. The third-order valence-electron chi connectivity index (χ3n) is 4.30. The van der Waals surface area contributed by atoms with Gasteiger partial charge in [0.05, 0.1) is 11.5 Å². The third-order valence-corrected chi connectivity index (χ3v) is 6.32. The van der Waals surface area contributed by atoms with E-state index in [4.69, 9.17) is 0 Å². The summed E-state index contributed by atoms with van der Waals surface area (Å²) in [4.78, 5) is 12.2. The van der Waals surface area contributed by atoms with Gasteiger partial charge in [-0.15, -0.1) is 22.0 Å². The molecule has 2 aromatic carbocycles. The van der Waals surface area contributed by atoms with Crippen molar-refractivity contribution in [3.8, 4) is 0 Å². The summed E-state index contributed by atoms with van der Waals surface area (Å²) in [6, 6.07) is 16.3. The van der Waals surface area contributed by atoms with Crippen LogP contribution in [0.3, 0.4) is 0 Å². The molecule has 0 saturated heterocycles. The van der Waals surface area contributed by atoms with Crippen molar-refractivity contribution in [3.63, 3.8) is 0 Å². The number of anilines is 1. The van der Waals surface area contributed by atoms with E-state index < -0.39 is 0 Å². The Kier molecular flexibility index (Phi) is 7.17. The fourth-order valence-corrected chi connectivity index (χ4v) is 4.26. The Morgan fingerprint density at radius 3 is 2.54 bits per heavy atom. The number of carbonyl (C=O) groups is 1. The van der Waals surface area contributed by atoms with Crippen molar-refractivity contribution >= 4 is 35.1 Å². The summed E-state index contributed by atoms with van der Waals surface area (Å²) in [6.45, 7) is 4.07. The lowest BCUT2D eigenvalue weighted by molar-refractivity contribution is -0.113. The Labute approximate surface area is 174 Å². The van der Waals surface area contributed by atoms with Gasteiger partial charge in [0.15, 0.2) is 5.16 Å². The highest BCUT2D eigenvalue weighted by atomic mass is 32.2. The molecule has 5 nitrogen and oxygen atoms in total. The van der Waals surface area contributed by atoms with Crippen LogP contribution in [0.15, 0.2) is 53.7 Å². The van der Waals surface area contributed by atoms with E-state index >= 15 is 0 Å². The Bertz CT molecular complexity index is 938. The van der Waals surface area contributed by atoms with Crippen molar-refractivity contribution in [1.29, 1.82) is 0 Å². The second-order valence-electron chi connectivity index (χ2n) is 6.59. The van der Waals surface area contributed by atoms with Crippen molar-refractivity contribution in [3.05, 3.63) is 71.0 Å². The molecule has 0 saturated carbocycles. The maximum absolute atomic E-state index is 12.2. The van der Waals surface area contributed by atoms with E-state index in [1.807, 2.05) is 54.6 Å². The maximum Gasteiger partial charge on any atom is 0.234 e. The highest BCUT2D eigenvalue weighted by Gasteiger charge is 2.12. The number of aryl methyl sites for hydroxylation is 2. The average Bonchev–Trinajstić information content (AvgIpc) is 3.03. The van der Waals surface area contributed by atoms with Gasteiger partial charge >= 0.3 is 0 Å². The van der Waals surface area contributed by atoms with Gasteiger partial charge in [-0.25, -0.2) is 0 Å². The summed E-state index contributed by atoms with van der Waals surface area (Å²) in [5.41, 5.74) is 4.47. The van der Waals surface area contributed by atoms with Crippen LogP contribution in [-0.2, 0) is 23.3 Å². The molecule has 146 valence electrons. The van der Waals surface area contributed by atoms with E-state index in [9.17, 15) is 4.79 Å². The highest BCUT2D eigenvalue weighted by molar-refractivity contribution is 7.99. The van der Waals surface area contributed by atoms with E-state index in [1.54, 1.807) is 0 Å². The molecule has 0 atom stereocenters. The second-order valence-corrected chi connectivity index (χ2v) is 8.52. The van der Waals surface area contributed by atoms with Crippen molar-refractivity contribution in [2.45, 2.75) is 30.5 Å². The largest absolute Gasteiger partial charge is 0.325 e. The summed E-state index contributed by atoms with van der Waals surface area (Å²) >= 11 is 3.21. The average molecular weight is 413 g/mol. The minimum atomic E-state index is -0.0439. The van der Waals surface area contributed by atoms with Crippen molar-refractivity contribution in [2.24, 2.45) is 7.05 Å². The molecule has 0 spiro atoms. The Balaban J connectivity index is 1.48. The number of rotatable bonds is 8. The SMILES string of the molecule is Cc1ccc(CSCc2nnc(SCC(=O)Nc3ccccc3C)n2C)cc1. The van der Waals surface area contributed by atoms with Crippen molar-refractivity contribution in [1.82, 2.24) is 14.8 Å². The van der Waals surface area contributed by atoms with Crippen LogP contribution in [0.1, 0.15) is 22.5 Å². The zero-order valence-corrected chi connectivity index (χ0v) is 17.9. The Morgan fingerprint density at radius 1 is 1.04 bits per heavy atom. The summed E-state index contributed by atoms with van der Waals surface area (Å²) < 4.78 is 1.97. The van der Waals surface area contributed by atoms with Gasteiger partial charge in [0.1, 0.15) is 5.82 Å². The Hall–Kier alpha value is -2.25. The normalized spacial score (nSPS) is 10.8. The molecule has 1 amide bonds. The van der Waals surface area contributed by atoms with Gasteiger partial charge in [0, 0.05) is 18.5 Å². The number of nitrogens with one attached hydrogen (secondary N) is 1. The van der Waals surface area contributed by atoms with Crippen LogP contribution in [0.5, 0.6) is 0 Å². The van der Waals surface area contributed by atoms with Gasteiger partial charge < -0.3 is 9.88 Å². The van der Waals surface area contributed by atoms with Gasteiger partial charge in [0.2, 0.25) is 5.91 Å². The first kappa shape index (κ1) is 20.5. The molecule has 1 heterocycles. The second kappa shape index (κ2) is 9.80. The number of carbonyl (C=O) groups excluding carboxylic acids is 1. The molecule has 0 radical (unpaired) electrons. The summed E-state index contributed by atoms with van der Waals surface area (Å²) in [5.74, 6) is 2.90. The summed E-state index contributed by atoms with van der Waals surface area (Å²) in [7, 11) is 1.95. The number of thioether (sulfide) groups is 2. The van der Waals surface area contributed by atoms with E-state index in [2.05, 4.69) is 46.7 Å². The third kappa shape index (κ3) is 5.62. The fourth-order valence-electron chi connectivity index (χ4n) is 2.57. The Morgan fingerprint density at radius 2 is 1.79 bits per heavy atom. The molecule has 0 bridgehead atoms. The summed E-state index contributed by atoms with van der Waals surface area (Å²) in [5, 5.41) is 12.2. The number of amides is 1. The highest BCUT2D eigenvalue weighted by Crippen LogP contribution is 2.21. The molecular formula is C21H24N4OS2. The number of hydrogen-bond donors (Lipinski definition) is 1. The maximum atomic E-state index is 12.2. The van der Waals surface area contributed by atoms with Gasteiger partial charge in [-0.05, 0) is 31.0 Å². The molecule has 1 aromatic heterocycles. The van der Waals surface area contributed by atoms with Crippen molar-refractivity contribution < 1.29 is 4.79 Å². The molecule has 28 heavy (non-hydrogen) atoms. The number of nitrogens with zero attached hydrogens (tertiary/aromatic N) is 3. The first-order chi connectivity index (χ1) is 13.5. The predicted octanol–water partition coefficient (Wildman–Crippen LogP) is 4.60. The van der Waals surface area contributed by atoms with E-state index in [-0.39, 0.29) is 5.91 Å². The number of hydrogen-bond acceptors (Lipinski definition) is 5. The lowest BCUT2D eigenvalue weighted by atomic mass is 10.2. The molecule has 3 rings (SSSR count). The standard InChI is InChI=1S/C21H24N4OS2/c1-15-8-10-17(11-9-15)12-27-13-19-23-24-21(25(19)3)28-14-20(26)22-18-7-5-4-6-16(18)2/h4-11H,12-14H2,1-3H3,(H,22,26). The molecule has 0 aliphatic rings. The first-order valence-corrected chi connectivity index (χ1v) is 11.2. The molecule has 0 unspecified atom stereocenters. The zero-order chi connectivity index (χ0) is 19.9. The molecule has 7 heteroatoms. The van der Waals surface area contributed by atoms with Gasteiger partial charge in [0.25, 0.3) is 0 Å². The van der Waals surface area contributed by atoms with E-state index in [0.29, 0.717) is 5.75 Å². The predicted molar refractivity (Wildman–Crippen MR) is 118 cm³/mol. The number of aromatic nitrogens is 3. The quantitative estimate of drug-likeness (QED) is 0.548. The fraction of sp³-hybridized carbons (Fsp3) is 0.286. The number of para-hydroxylation sites is 1. The van der Waals surface area contributed by atoms with Crippen LogP contribution in [-0.4, -0.2) is 26.4 Å². The van der Waals surface area contributed by atoms with Crippen molar-refractivity contribution in [2.75, 3.05) is 11.1 Å². The van der Waals surface area contributed by atoms with Crippen LogP contribution >= 0.6 is 23.5 Å². The summed E-state index contributed by atoms with van der Waals surface area (Å²) in [6.07, 6.45) is 0. The van der Waals surface area contributed by atoms with Crippen LogP contribution in [0.4, 0.5) is 5.69 Å². The minimum absolute atomic E-state index is 0.0439. The van der Waals surface area contributed by atoms with Gasteiger partial charge in [-0.1, -0.05) is 59.8 Å². The molecule has 0 aliphatic heterocycles. The first-order valence-electron chi connectivity index (χ1n) is 9.03. The van der Waals surface area contributed by atoms with Crippen LogP contribution in [0.2, 0.25) is 0 Å². The minimum Gasteiger partial charge on any atom is -0.325 e. The lowest BCUT2D eigenvalue weighted by Crippen LogP contribution is -2.15. The van der Waals surface area contributed by atoms with E-state index in [0.717, 1.165) is 33.7 Å². The van der Waals surface area contributed by atoms with E-state index in [1.165, 1.54) is 22.9 Å². The lowest BCUT2D eigenvalue weighted by Gasteiger charge is -2.08. The van der Waals surface area contributed by atoms with Gasteiger partial charge in [-0.2, -0.15) is 0 Å².